The van der Waals surface area contributed by atoms with Crippen molar-refractivity contribution in [3.8, 4) is 0 Å². The fraction of sp³-hybridized carbons (Fsp3) is 0.524. The Balaban J connectivity index is 1.16. The van der Waals surface area contributed by atoms with Crippen LogP contribution in [0.1, 0.15) is 18.9 Å². The lowest BCUT2D eigenvalue weighted by molar-refractivity contribution is -0.0435. The number of ether oxygens (including phenoxy) is 2. The summed E-state index contributed by atoms with van der Waals surface area (Å²) >= 11 is 7.80. The van der Waals surface area contributed by atoms with Crippen molar-refractivity contribution in [3.63, 3.8) is 0 Å². The fourth-order valence-corrected chi connectivity index (χ4v) is 7.07. The first kappa shape index (κ1) is 32.4. The molecule has 4 N–H and O–H groups in total. The maximum Gasteiger partial charge on any atom is 0.386 e. The van der Waals surface area contributed by atoms with Gasteiger partial charge in [0.15, 0.2) is 41.6 Å². The van der Waals surface area contributed by atoms with Crippen molar-refractivity contribution in [3.05, 3.63) is 25.3 Å². The lowest BCUT2D eigenvalue weighted by Gasteiger charge is -2.24. The second kappa shape index (κ2) is 12.6. The summed E-state index contributed by atoms with van der Waals surface area (Å²) in [6.07, 6.45) is -5.24. The number of hydrogen-bond acceptors (Lipinski definition) is 16. The quantitative estimate of drug-likeness (QED) is 0.130. The van der Waals surface area contributed by atoms with E-state index in [0.717, 1.165) is 13.4 Å². The Morgan fingerprint density at radius 1 is 0.889 bits per heavy atom. The van der Waals surface area contributed by atoms with E-state index in [9.17, 15) is 9.13 Å². The first-order valence-electron chi connectivity index (χ1n) is 13.0. The maximum atomic E-state index is 16.0. The molecule has 0 spiro atoms. The normalized spacial score (nSPS) is 29.8. The molecule has 0 radical (unpaired) electrons. The molecule has 0 aliphatic carbocycles. The Morgan fingerprint density at radius 2 is 1.47 bits per heavy atom. The smallest absolute Gasteiger partial charge is 0.382 e. The standard InChI is InChI=1S/C21H26F2N10O8P2S2/c1-36-42(34,44)38-4-11-15(12(23)21(40-11)33-8-31-14-17(25)27-6-29-19(14)33)41-43(35,45)37-3-9-2-10(22)20(39-9)32-7-30-13-16(24)26-5-28-18(13)32/h5-12,15,20-21H,2-4H2,1H3,(H,34,44)(H,35,45)(H2,24,26,28)(H2,25,27,29)/t9-,10-,11+,12-,15+,20+,21+,42?,43?/m0/s1. The molecule has 0 bridgehead atoms. The summed E-state index contributed by atoms with van der Waals surface area (Å²) < 4.78 is 91.6. The molecule has 18 nitrogen and oxygen atoms in total. The number of aromatic nitrogens is 8. The van der Waals surface area contributed by atoms with Gasteiger partial charge in [0.2, 0.25) is 0 Å². The number of hydrogen-bond donors (Lipinski definition) is 4. The number of fused-ring (bicyclic) bond motifs is 2. The zero-order chi connectivity index (χ0) is 32.1. The van der Waals surface area contributed by atoms with Gasteiger partial charge in [0.05, 0.1) is 32.0 Å². The zero-order valence-electron chi connectivity index (χ0n) is 23.0. The summed E-state index contributed by atoms with van der Waals surface area (Å²) in [5, 5.41) is 0. The highest BCUT2D eigenvalue weighted by Gasteiger charge is 2.51. The van der Waals surface area contributed by atoms with E-state index in [2.05, 4.69) is 54.4 Å². The summed E-state index contributed by atoms with van der Waals surface area (Å²) in [5.41, 5.74) is 12.5. The van der Waals surface area contributed by atoms with E-state index >= 15 is 8.78 Å². The Morgan fingerprint density at radius 3 is 2.07 bits per heavy atom. The van der Waals surface area contributed by atoms with E-state index in [1.54, 1.807) is 0 Å². The van der Waals surface area contributed by atoms with Gasteiger partial charge in [-0.15, -0.1) is 0 Å². The van der Waals surface area contributed by atoms with Crippen molar-refractivity contribution >= 4 is 72.1 Å². The van der Waals surface area contributed by atoms with Crippen LogP contribution < -0.4 is 11.5 Å². The first-order valence-corrected chi connectivity index (χ1v) is 18.4. The van der Waals surface area contributed by atoms with Gasteiger partial charge in [0.1, 0.15) is 42.1 Å². The van der Waals surface area contributed by atoms with Crippen molar-refractivity contribution in [2.24, 2.45) is 0 Å². The van der Waals surface area contributed by atoms with Crippen LogP contribution in [-0.4, -0.2) is 90.0 Å². The molecular weight excluding hydrogens is 684 g/mol. The number of imidazole rings is 2. The molecule has 0 amide bonds. The van der Waals surface area contributed by atoms with Crippen molar-refractivity contribution in [1.29, 1.82) is 0 Å². The molecule has 9 atom stereocenters. The molecule has 0 aromatic carbocycles. The molecule has 24 heteroatoms. The van der Waals surface area contributed by atoms with Crippen LogP contribution in [0, 0.1) is 0 Å². The minimum Gasteiger partial charge on any atom is -0.382 e. The van der Waals surface area contributed by atoms with Crippen molar-refractivity contribution in [2.75, 3.05) is 31.8 Å². The van der Waals surface area contributed by atoms with Crippen LogP contribution >= 0.6 is 38.1 Å². The third kappa shape index (κ3) is 6.53. The van der Waals surface area contributed by atoms with Gasteiger partial charge in [-0.25, -0.2) is 47.8 Å². The predicted molar refractivity (Wildman–Crippen MR) is 159 cm³/mol. The lowest BCUT2D eigenvalue weighted by atomic mass is 10.1. The number of nitrogens with zero attached hydrogens (tertiary/aromatic N) is 8. The Hall–Kier alpha value is -2.52. The largest absolute Gasteiger partial charge is 0.386 e. The van der Waals surface area contributed by atoms with Crippen molar-refractivity contribution in [1.82, 2.24) is 39.0 Å². The third-order valence-electron chi connectivity index (χ3n) is 7.03. The molecule has 6 rings (SSSR count). The number of thiol groups is 2. The lowest BCUT2D eigenvalue weighted by Crippen LogP contribution is -2.33. The number of rotatable bonds is 11. The minimum absolute atomic E-state index is 0.0507. The fourth-order valence-electron chi connectivity index (χ4n) is 4.93. The SMILES string of the molecule is COP(=O)(S)OC[C@H]1O[C@@H](n2cnc3c(N)ncnc32)[C@@H](F)[C@@H]1OP(=O)(S)OC[C@@H]1C[C@H](F)[C@H](n2cnc3c(N)ncnc32)O1. The van der Waals surface area contributed by atoms with E-state index in [1.165, 1.54) is 28.1 Å². The van der Waals surface area contributed by atoms with Crippen LogP contribution in [0.15, 0.2) is 25.3 Å². The van der Waals surface area contributed by atoms with E-state index in [-0.39, 0.29) is 40.4 Å². The molecule has 244 valence electrons. The maximum absolute atomic E-state index is 16.0. The molecule has 2 fully saturated rings. The molecule has 4 aromatic heterocycles. The highest BCUT2D eigenvalue weighted by molar-refractivity contribution is 8.44. The summed E-state index contributed by atoms with van der Waals surface area (Å²) in [6, 6.07) is 0. The number of anilines is 2. The van der Waals surface area contributed by atoms with Gasteiger partial charge < -0.3 is 25.5 Å². The summed E-state index contributed by atoms with van der Waals surface area (Å²) in [4.78, 5) is 24.1. The molecule has 2 saturated heterocycles. The Labute approximate surface area is 262 Å². The average Bonchev–Trinajstić information content (AvgIpc) is 3.77. The van der Waals surface area contributed by atoms with Crippen LogP contribution in [-0.2, 0) is 36.7 Å². The number of alkyl halides is 2. The molecule has 6 heterocycles. The predicted octanol–water partition coefficient (Wildman–Crippen LogP) is 2.83. The van der Waals surface area contributed by atoms with Gasteiger partial charge in [-0.3, -0.25) is 22.7 Å². The summed E-state index contributed by atoms with van der Waals surface area (Å²) in [7, 11) is 1.10. The number of nitrogen functional groups attached to an aromatic ring is 2. The van der Waals surface area contributed by atoms with Crippen LogP contribution in [0.25, 0.3) is 22.3 Å². The first-order chi connectivity index (χ1) is 21.4. The van der Waals surface area contributed by atoms with Gasteiger partial charge in [0, 0.05) is 13.5 Å². The molecule has 4 aromatic rings. The van der Waals surface area contributed by atoms with Crippen molar-refractivity contribution in [2.45, 2.75) is 49.5 Å². The van der Waals surface area contributed by atoms with Gasteiger partial charge >= 0.3 is 13.6 Å². The second-order valence-electron chi connectivity index (χ2n) is 9.86. The van der Waals surface area contributed by atoms with Crippen LogP contribution in [0.3, 0.4) is 0 Å². The van der Waals surface area contributed by atoms with E-state index in [0.29, 0.717) is 0 Å². The van der Waals surface area contributed by atoms with E-state index in [1.807, 2.05) is 0 Å². The molecule has 0 saturated carbocycles. The van der Waals surface area contributed by atoms with Gasteiger partial charge in [-0.1, -0.05) is 24.5 Å². The van der Waals surface area contributed by atoms with Gasteiger partial charge in [-0.2, -0.15) is 0 Å². The van der Waals surface area contributed by atoms with Gasteiger partial charge in [-0.05, 0) is 0 Å². The average molecular weight is 711 g/mol. The van der Waals surface area contributed by atoms with Crippen LogP contribution in [0.2, 0.25) is 0 Å². The number of halogens is 2. The highest BCUT2D eigenvalue weighted by Crippen LogP contribution is 2.58. The summed E-state index contributed by atoms with van der Waals surface area (Å²) in [6.45, 7) is -9.21. The zero-order valence-corrected chi connectivity index (χ0v) is 26.6. The second-order valence-corrected chi connectivity index (χ2v) is 15.8. The monoisotopic (exact) mass is 710 g/mol. The van der Waals surface area contributed by atoms with E-state index in [4.69, 9.17) is 39.0 Å². The molecule has 2 aliphatic rings. The Kier molecular flexibility index (Phi) is 9.07. The highest BCUT2D eigenvalue weighted by atomic mass is 32.7. The summed E-state index contributed by atoms with van der Waals surface area (Å²) in [5.74, 6) is 0.168. The number of nitrogens with two attached hydrogens (primary N) is 2. The van der Waals surface area contributed by atoms with Crippen LogP contribution in [0.4, 0.5) is 20.4 Å². The Bertz CT molecular complexity index is 1810. The molecule has 2 aliphatic heterocycles. The molecule has 2 unspecified atom stereocenters. The minimum atomic E-state index is -4.37. The molecule has 45 heavy (non-hydrogen) atoms. The molecular formula is C21H26F2N10O8P2S2. The third-order valence-corrected chi connectivity index (χ3v) is 10.4. The van der Waals surface area contributed by atoms with Crippen molar-refractivity contribution < 1.29 is 45.5 Å². The van der Waals surface area contributed by atoms with E-state index < -0.39 is 69.9 Å². The van der Waals surface area contributed by atoms with Gasteiger partial charge in [0.25, 0.3) is 0 Å². The van der Waals surface area contributed by atoms with Crippen LogP contribution in [0.5, 0.6) is 0 Å². The topological polar surface area (TPSA) is 229 Å².